The second-order valence-corrected chi connectivity index (χ2v) is 6.65. The lowest BCUT2D eigenvalue weighted by molar-refractivity contribution is 0.0693. The van der Waals surface area contributed by atoms with Gasteiger partial charge in [0.2, 0.25) is 0 Å². The van der Waals surface area contributed by atoms with E-state index in [1.54, 1.807) is 18.5 Å². The zero-order chi connectivity index (χ0) is 17.9. The molecule has 2 heterocycles. The van der Waals surface area contributed by atoms with E-state index in [0.717, 1.165) is 30.6 Å². The van der Waals surface area contributed by atoms with Crippen LogP contribution in [0.25, 0.3) is 0 Å². The van der Waals surface area contributed by atoms with E-state index in [2.05, 4.69) is 27.0 Å². The van der Waals surface area contributed by atoms with Gasteiger partial charge in [-0.15, -0.1) is 0 Å². The van der Waals surface area contributed by atoms with Gasteiger partial charge >= 0.3 is 5.97 Å². The Hall–Kier alpha value is -2.92. The highest BCUT2D eigenvalue weighted by molar-refractivity contribution is 5.89. The van der Waals surface area contributed by atoms with Gasteiger partial charge in [-0.2, -0.15) is 0 Å². The van der Waals surface area contributed by atoms with Crippen LogP contribution in [-0.4, -0.2) is 32.5 Å². The van der Waals surface area contributed by atoms with Gasteiger partial charge in [-0.25, -0.2) is 9.78 Å². The number of benzene rings is 2. The van der Waals surface area contributed by atoms with Crippen molar-refractivity contribution in [2.24, 2.45) is 0 Å². The number of hydrogen-bond donors (Lipinski definition) is 2. The van der Waals surface area contributed by atoms with Crippen LogP contribution in [0.15, 0.2) is 60.9 Å². The van der Waals surface area contributed by atoms with Crippen LogP contribution in [0.2, 0.25) is 0 Å². The fraction of sp³-hybridized carbons (Fsp3) is 0.238. The Morgan fingerprint density at radius 1 is 1.15 bits per heavy atom. The first-order chi connectivity index (χ1) is 12.7. The average molecular weight is 347 g/mol. The first-order valence-electron chi connectivity index (χ1n) is 8.83. The molecule has 0 fully saturated rings. The molecule has 26 heavy (non-hydrogen) atoms. The summed E-state index contributed by atoms with van der Waals surface area (Å²) in [5.74, 6) is -0.877. The molecule has 0 amide bonds. The maximum Gasteiger partial charge on any atom is 0.336 e. The molecule has 4 rings (SSSR count). The Kier molecular flexibility index (Phi) is 4.54. The lowest BCUT2D eigenvalue weighted by Gasteiger charge is -2.35. The lowest BCUT2D eigenvalue weighted by atomic mass is 9.95. The van der Waals surface area contributed by atoms with E-state index >= 15 is 0 Å². The fourth-order valence-electron chi connectivity index (χ4n) is 3.74. The SMILES string of the molecule is O=C(O)c1ccccc1CN1CCc2[nH]cnc2C1Cc1ccccc1. The fourth-order valence-corrected chi connectivity index (χ4v) is 3.74. The minimum absolute atomic E-state index is 0.134. The summed E-state index contributed by atoms with van der Waals surface area (Å²) in [6.07, 6.45) is 3.52. The van der Waals surface area contributed by atoms with Crippen molar-refractivity contribution in [2.45, 2.75) is 25.4 Å². The first kappa shape index (κ1) is 16.5. The van der Waals surface area contributed by atoms with Crippen molar-refractivity contribution in [2.75, 3.05) is 6.54 Å². The number of imidazole rings is 1. The number of carboxylic acids is 1. The predicted octanol–water partition coefficient (Wildman–Crippen LogP) is 3.45. The standard InChI is InChI=1S/C21H21N3O2/c25-21(26)17-9-5-4-8-16(17)13-24-11-10-18-20(23-14-22-18)19(24)12-15-6-2-1-3-7-15/h1-9,14,19H,10-13H2,(H,22,23)(H,25,26). The van der Waals surface area contributed by atoms with Crippen molar-refractivity contribution >= 4 is 5.97 Å². The van der Waals surface area contributed by atoms with Crippen LogP contribution < -0.4 is 0 Å². The van der Waals surface area contributed by atoms with Crippen molar-refractivity contribution in [1.82, 2.24) is 14.9 Å². The summed E-state index contributed by atoms with van der Waals surface area (Å²) in [6, 6.07) is 17.8. The molecular weight excluding hydrogens is 326 g/mol. The summed E-state index contributed by atoms with van der Waals surface area (Å²) in [5.41, 5.74) is 4.74. The van der Waals surface area contributed by atoms with Crippen molar-refractivity contribution in [3.8, 4) is 0 Å². The number of fused-ring (bicyclic) bond motifs is 1. The maximum atomic E-state index is 11.6. The van der Waals surface area contributed by atoms with Gasteiger partial charge in [0.25, 0.3) is 0 Å². The van der Waals surface area contributed by atoms with Crippen LogP contribution in [0, 0.1) is 0 Å². The molecule has 0 saturated heterocycles. The van der Waals surface area contributed by atoms with Gasteiger partial charge in [0, 0.05) is 25.2 Å². The van der Waals surface area contributed by atoms with Crippen LogP contribution in [0.1, 0.15) is 38.9 Å². The van der Waals surface area contributed by atoms with Crippen molar-refractivity contribution in [1.29, 1.82) is 0 Å². The molecule has 1 aromatic heterocycles. The number of aromatic nitrogens is 2. The third-order valence-corrected chi connectivity index (χ3v) is 5.05. The average Bonchev–Trinajstić information content (AvgIpc) is 3.14. The van der Waals surface area contributed by atoms with Crippen LogP contribution in [0.4, 0.5) is 0 Å². The molecule has 2 aromatic carbocycles. The maximum absolute atomic E-state index is 11.6. The van der Waals surface area contributed by atoms with Gasteiger partial charge in [-0.1, -0.05) is 48.5 Å². The summed E-state index contributed by atoms with van der Waals surface area (Å²) < 4.78 is 0. The molecule has 1 aliphatic rings. The topological polar surface area (TPSA) is 69.2 Å². The minimum Gasteiger partial charge on any atom is -0.478 e. The molecule has 0 bridgehead atoms. The van der Waals surface area contributed by atoms with Gasteiger partial charge in [-0.3, -0.25) is 4.90 Å². The number of aromatic carboxylic acids is 1. The van der Waals surface area contributed by atoms with Crippen molar-refractivity contribution < 1.29 is 9.90 Å². The van der Waals surface area contributed by atoms with Crippen LogP contribution in [-0.2, 0) is 19.4 Å². The molecule has 2 N–H and O–H groups in total. The van der Waals surface area contributed by atoms with Crippen LogP contribution in [0.3, 0.4) is 0 Å². The molecule has 3 aromatic rings. The highest BCUT2D eigenvalue weighted by atomic mass is 16.4. The van der Waals surface area contributed by atoms with E-state index in [4.69, 9.17) is 0 Å². The quantitative estimate of drug-likeness (QED) is 0.742. The molecule has 5 nitrogen and oxygen atoms in total. The third-order valence-electron chi connectivity index (χ3n) is 5.05. The normalized spacial score (nSPS) is 17.0. The molecular formula is C21H21N3O2. The monoisotopic (exact) mass is 347 g/mol. The smallest absolute Gasteiger partial charge is 0.336 e. The Morgan fingerprint density at radius 2 is 1.92 bits per heavy atom. The minimum atomic E-state index is -0.877. The van der Waals surface area contributed by atoms with Gasteiger partial charge in [0.15, 0.2) is 0 Å². The summed E-state index contributed by atoms with van der Waals surface area (Å²) in [4.78, 5) is 21.7. The first-order valence-corrected chi connectivity index (χ1v) is 8.83. The van der Waals surface area contributed by atoms with Gasteiger partial charge < -0.3 is 10.1 Å². The van der Waals surface area contributed by atoms with Gasteiger partial charge in [0.1, 0.15) is 0 Å². The van der Waals surface area contributed by atoms with E-state index < -0.39 is 5.97 Å². The zero-order valence-corrected chi connectivity index (χ0v) is 14.4. The number of H-pyrrole nitrogens is 1. The number of carboxylic acid groups (broad SMARTS) is 1. The predicted molar refractivity (Wildman–Crippen MR) is 99.0 cm³/mol. The number of aromatic amines is 1. The Labute approximate surface area is 152 Å². The third kappa shape index (κ3) is 3.26. The molecule has 1 unspecified atom stereocenters. The molecule has 5 heteroatoms. The summed E-state index contributed by atoms with van der Waals surface area (Å²) in [7, 11) is 0. The molecule has 0 spiro atoms. The Balaban J connectivity index is 1.65. The highest BCUT2D eigenvalue weighted by Crippen LogP contribution is 2.32. The van der Waals surface area contributed by atoms with Gasteiger partial charge in [-0.05, 0) is 23.6 Å². The van der Waals surface area contributed by atoms with E-state index in [-0.39, 0.29) is 6.04 Å². The molecule has 0 saturated carbocycles. The summed E-state index contributed by atoms with van der Waals surface area (Å²) in [5, 5.41) is 9.49. The zero-order valence-electron chi connectivity index (χ0n) is 14.4. The largest absolute Gasteiger partial charge is 0.478 e. The number of hydrogen-bond acceptors (Lipinski definition) is 3. The van der Waals surface area contributed by atoms with E-state index in [1.807, 2.05) is 30.3 Å². The summed E-state index contributed by atoms with van der Waals surface area (Å²) >= 11 is 0. The number of carbonyl (C=O) groups is 1. The Morgan fingerprint density at radius 3 is 2.73 bits per heavy atom. The second-order valence-electron chi connectivity index (χ2n) is 6.65. The lowest BCUT2D eigenvalue weighted by Crippen LogP contribution is -2.36. The van der Waals surface area contributed by atoms with Crippen LogP contribution >= 0.6 is 0 Å². The molecule has 1 aliphatic heterocycles. The second kappa shape index (κ2) is 7.14. The number of rotatable bonds is 5. The molecule has 132 valence electrons. The van der Waals surface area contributed by atoms with Crippen molar-refractivity contribution in [3.63, 3.8) is 0 Å². The molecule has 1 atom stereocenters. The van der Waals surface area contributed by atoms with Gasteiger partial charge in [0.05, 0.1) is 23.6 Å². The summed E-state index contributed by atoms with van der Waals surface area (Å²) in [6.45, 7) is 1.48. The highest BCUT2D eigenvalue weighted by Gasteiger charge is 2.30. The molecule has 0 aliphatic carbocycles. The van der Waals surface area contributed by atoms with Crippen molar-refractivity contribution in [3.05, 3.63) is 89.0 Å². The Bertz CT molecular complexity index is 904. The number of nitrogens with zero attached hydrogens (tertiary/aromatic N) is 2. The van der Waals surface area contributed by atoms with Crippen LogP contribution in [0.5, 0.6) is 0 Å². The number of nitrogens with one attached hydrogen (secondary N) is 1. The van der Waals surface area contributed by atoms with E-state index in [9.17, 15) is 9.90 Å². The molecule has 0 radical (unpaired) electrons. The van der Waals surface area contributed by atoms with E-state index in [0.29, 0.717) is 12.1 Å². The van der Waals surface area contributed by atoms with E-state index in [1.165, 1.54) is 11.3 Å².